The Morgan fingerprint density at radius 2 is 2.03 bits per heavy atom. The molecule has 0 unspecified atom stereocenters. The maximum absolute atomic E-state index is 12.9. The average molecular weight is 522 g/mol. The molecule has 3 aromatic heterocycles. The van der Waals surface area contributed by atoms with Crippen molar-refractivity contribution in [1.29, 1.82) is 0 Å². The zero-order chi connectivity index (χ0) is 26.2. The molecule has 5 rings (SSSR count). The van der Waals surface area contributed by atoms with Crippen LogP contribution in [-0.4, -0.2) is 54.8 Å². The van der Waals surface area contributed by atoms with Gasteiger partial charge < -0.3 is 15.3 Å². The molecule has 196 valence electrons. The first-order valence-electron chi connectivity index (χ1n) is 13.1. The zero-order valence-electron chi connectivity index (χ0n) is 22.1. The Labute approximate surface area is 222 Å². The number of H-pyrrole nitrogens is 2. The minimum atomic E-state index is -0.185. The van der Waals surface area contributed by atoms with Gasteiger partial charge in [0.15, 0.2) is 0 Å². The first-order valence-corrected chi connectivity index (χ1v) is 13.5. The summed E-state index contributed by atoms with van der Waals surface area (Å²) in [6.45, 7) is 12.5. The summed E-state index contributed by atoms with van der Waals surface area (Å²) in [6.07, 6.45) is 8.51. The van der Waals surface area contributed by atoms with E-state index in [0.717, 1.165) is 54.6 Å². The molecule has 4 aromatic rings. The van der Waals surface area contributed by atoms with E-state index in [1.807, 2.05) is 6.07 Å². The Kier molecular flexibility index (Phi) is 7.14. The first-order chi connectivity index (χ1) is 17.7. The number of anilines is 1. The van der Waals surface area contributed by atoms with E-state index in [1.165, 1.54) is 5.56 Å². The molecule has 0 radical (unpaired) electrons. The second-order valence-electron chi connectivity index (χ2n) is 10.7. The lowest BCUT2D eigenvalue weighted by Crippen LogP contribution is -2.47. The largest absolute Gasteiger partial charge is 0.382 e. The van der Waals surface area contributed by atoms with E-state index in [0.29, 0.717) is 35.4 Å². The number of aromatic amines is 2. The third-order valence-corrected chi connectivity index (χ3v) is 8.14. The molecule has 9 heteroatoms. The Hall–Kier alpha value is -3.10. The van der Waals surface area contributed by atoms with Crippen LogP contribution in [0.1, 0.15) is 57.1 Å². The van der Waals surface area contributed by atoms with Crippen molar-refractivity contribution < 1.29 is 0 Å². The van der Waals surface area contributed by atoms with Crippen LogP contribution in [0.4, 0.5) is 5.69 Å². The molecule has 0 aliphatic carbocycles. The molecule has 4 heterocycles. The first kappa shape index (κ1) is 25.5. The summed E-state index contributed by atoms with van der Waals surface area (Å²) in [7, 11) is 0. The molecule has 0 atom stereocenters. The summed E-state index contributed by atoms with van der Waals surface area (Å²) in [6, 6.07) is 6.38. The van der Waals surface area contributed by atoms with Crippen molar-refractivity contribution >= 4 is 28.3 Å². The van der Waals surface area contributed by atoms with Crippen LogP contribution in [0.25, 0.3) is 22.4 Å². The number of imidazole rings is 1. The lowest BCUT2D eigenvalue weighted by molar-refractivity contribution is 0.0848. The van der Waals surface area contributed by atoms with E-state index in [9.17, 15) is 4.79 Å². The van der Waals surface area contributed by atoms with Gasteiger partial charge >= 0.3 is 0 Å². The number of nitrogens with one attached hydrogen (secondary N) is 3. The maximum atomic E-state index is 12.9. The number of rotatable bonds is 8. The SMILES string of the molecule is CCC(C)(C)N1CCC(c2cc(C)c3nc(-c4c(NCCn5cc(Cl)cn5)cc[nH]c4=O)[nH]c3c2)CC1. The van der Waals surface area contributed by atoms with Crippen molar-refractivity contribution in [2.75, 3.05) is 25.0 Å². The summed E-state index contributed by atoms with van der Waals surface area (Å²) in [5.74, 6) is 1.10. The van der Waals surface area contributed by atoms with Crippen LogP contribution in [0, 0.1) is 6.92 Å². The second kappa shape index (κ2) is 10.3. The van der Waals surface area contributed by atoms with E-state index in [4.69, 9.17) is 16.6 Å². The summed E-state index contributed by atoms with van der Waals surface area (Å²) in [5, 5.41) is 8.17. The minimum Gasteiger partial charge on any atom is -0.382 e. The smallest absolute Gasteiger partial charge is 0.261 e. The quantitative estimate of drug-likeness (QED) is 0.282. The fraction of sp³-hybridized carbons (Fsp3) is 0.464. The van der Waals surface area contributed by atoms with Gasteiger partial charge in [0.1, 0.15) is 11.4 Å². The molecule has 0 spiro atoms. The van der Waals surface area contributed by atoms with Gasteiger partial charge in [-0.25, -0.2) is 4.98 Å². The van der Waals surface area contributed by atoms with Gasteiger partial charge in [-0.3, -0.25) is 14.4 Å². The predicted octanol–water partition coefficient (Wildman–Crippen LogP) is 5.56. The summed E-state index contributed by atoms with van der Waals surface area (Å²) in [5.41, 5.74) is 5.66. The molecule has 1 saturated heterocycles. The van der Waals surface area contributed by atoms with Crippen LogP contribution in [0.2, 0.25) is 5.02 Å². The van der Waals surface area contributed by atoms with Gasteiger partial charge in [-0.2, -0.15) is 5.10 Å². The monoisotopic (exact) mass is 521 g/mol. The molecule has 0 bridgehead atoms. The molecule has 3 N–H and O–H groups in total. The molecule has 8 nitrogen and oxygen atoms in total. The number of nitrogens with zero attached hydrogens (tertiary/aromatic N) is 4. The van der Waals surface area contributed by atoms with Crippen LogP contribution in [0.3, 0.4) is 0 Å². The summed E-state index contributed by atoms with van der Waals surface area (Å²) >= 11 is 5.96. The predicted molar refractivity (Wildman–Crippen MR) is 151 cm³/mol. The number of likely N-dealkylation sites (tertiary alicyclic amines) is 1. The third kappa shape index (κ3) is 5.31. The molecule has 1 aromatic carbocycles. The minimum absolute atomic E-state index is 0.185. The van der Waals surface area contributed by atoms with E-state index >= 15 is 0 Å². The van der Waals surface area contributed by atoms with Gasteiger partial charge in [-0.05, 0) is 82.3 Å². The number of pyridine rings is 1. The van der Waals surface area contributed by atoms with Crippen molar-refractivity contribution in [3.05, 3.63) is 63.3 Å². The van der Waals surface area contributed by atoms with Gasteiger partial charge in [0.25, 0.3) is 5.56 Å². The van der Waals surface area contributed by atoms with Crippen LogP contribution < -0.4 is 10.9 Å². The van der Waals surface area contributed by atoms with Gasteiger partial charge in [0, 0.05) is 24.5 Å². The highest BCUT2D eigenvalue weighted by Gasteiger charge is 2.30. The lowest BCUT2D eigenvalue weighted by atomic mass is 9.86. The number of benzene rings is 1. The number of fused-ring (bicyclic) bond motifs is 1. The van der Waals surface area contributed by atoms with Gasteiger partial charge in [-0.1, -0.05) is 24.6 Å². The number of hydrogen-bond acceptors (Lipinski definition) is 5. The topological polar surface area (TPSA) is 94.6 Å². The Morgan fingerprint density at radius 3 is 2.73 bits per heavy atom. The Balaban J connectivity index is 1.38. The third-order valence-electron chi connectivity index (χ3n) is 7.94. The normalized spacial score (nSPS) is 15.5. The molecule has 1 aliphatic rings. The highest BCUT2D eigenvalue weighted by Crippen LogP contribution is 2.35. The van der Waals surface area contributed by atoms with Crippen molar-refractivity contribution in [3.63, 3.8) is 0 Å². The highest BCUT2D eigenvalue weighted by atomic mass is 35.5. The van der Waals surface area contributed by atoms with Crippen LogP contribution in [0.5, 0.6) is 0 Å². The van der Waals surface area contributed by atoms with Gasteiger partial charge in [-0.15, -0.1) is 0 Å². The maximum Gasteiger partial charge on any atom is 0.261 e. The number of hydrogen-bond donors (Lipinski definition) is 3. The van der Waals surface area contributed by atoms with E-state index in [2.05, 4.69) is 65.1 Å². The van der Waals surface area contributed by atoms with Gasteiger partial charge in [0.2, 0.25) is 0 Å². The Morgan fingerprint density at radius 1 is 1.24 bits per heavy atom. The second-order valence-corrected chi connectivity index (χ2v) is 11.1. The molecule has 37 heavy (non-hydrogen) atoms. The van der Waals surface area contributed by atoms with Crippen molar-refractivity contribution in [1.82, 2.24) is 29.6 Å². The number of aryl methyl sites for hydroxylation is 1. The van der Waals surface area contributed by atoms with Crippen molar-refractivity contribution in [2.24, 2.45) is 0 Å². The van der Waals surface area contributed by atoms with Crippen molar-refractivity contribution in [2.45, 2.75) is 65.0 Å². The molecule has 0 saturated carbocycles. The van der Waals surface area contributed by atoms with Gasteiger partial charge in [0.05, 0.1) is 34.5 Å². The average Bonchev–Trinajstić information content (AvgIpc) is 3.50. The molecule has 1 aliphatic heterocycles. The number of aromatic nitrogens is 5. The number of halogens is 1. The Bertz CT molecular complexity index is 1440. The molecular formula is C28H36ClN7O. The standard InChI is InChI=1S/C28H36ClN7O/c1-5-28(3,4)35-11-7-19(8-12-35)20-14-18(2)25-23(15-20)33-26(34-25)24-22(6-9-31-27(24)37)30-10-13-36-17-21(29)16-32-36/h6,9,14-17,19H,5,7-8,10-13H2,1-4H3,(H,33,34)(H2,30,31,37). The fourth-order valence-electron chi connectivity index (χ4n) is 5.34. The van der Waals surface area contributed by atoms with E-state index in [-0.39, 0.29) is 11.1 Å². The van der Waals surface area contributed by atoms with Crippen LogP contribution >= 0.6 is 11.6 Å². The summed E-state index contributed by atoms with van der Waals surface area (Å²) < 4.78 is 1.77. The van der Waals surface area contributed by atoms with E-state index in [1.54, 1.807) is 23.3 Å². The zero-order valence-corrected chi connectivity index (χ0v) is 22.8. The van der Waals surface area contributed by atoms with Crippen molar-refractivity contribution in [3.8, 4) is 11.4 Å². The molecule has 1 fully saturated rings. The lowest BCUT2D eigenvalue weighted by Gasteiger charge is -2.42. The molecule has 0 amide bonds. The van der Waals surface area contributed by atoms with Crippen LogP contribution in [0.15, 0.2) is 41.6 Å². The van der Waals surface area contributed by atoms with Crippen LogP contribution in [-0.2, 0) is 6.54 Å². The highest BCUT2D eigenvalue weighted by molar-refractivity contribution is 6.30. The fourth-order valence-corrected chi connectivity index (χ4v) is 5.50. The number of piperidine rings is 1. The van der Waals surface area contributed by atoms with E-state index < -0.39 is 0 Å². The molecular weight excluding hydrogens is 486 g/mol. The summed E-state index contributed by atoms with van der Waals surface area (Å²) in [4.78, 5) is 26.6.